The van der Waals surface area contributed by atoms with Crippen LogP contribution in [0.1, 0.15) is 24.2 Å². The quantitative estimate of drug-likeness (QED) is 0.671. The average molecular weight is 169 g/mol. The molecule has 0 unspecified atom stereocenters. The Labute approximate surface area is 69.9 Å². The van der Waals surface area contributed by atoms with Crippen molar-refractivity contribution in [3.05, 3.63) is 11.8 Å². The molecular weight excluding hydrogens is 158 g/mol. The molecule has 1 aromatic heterocycles. The summed E-state index contributed by atoms with van der Waals surface area (Å²) in [5.41, 5.74) is 5.61. The lowest BCUT2D eigenvalue weighted by atomic mass is 10.3. The van der Waals surface area contributed by atoms with Gasteiger partial charge in [-0.25, -0.2) is 0 Å². The molecule has 1 rings (SSSR count). The van der Waals surface area contributed by atoms with Crippen molar-refractivity contribution in [2.24, 2.45) is 0 Å². The maximum Gasteiger partial charge on any atom is 0.258 e. The fourth-order valence-corrected chi connectivity index (χ4v) is 0.759. The number of carbonyl (C=O) groups excluding carboxylic acids is 1. The van der Waals surface area contributed by atoms with Crippen LogP contribution < -0.4 is 11.1 Å². The molecule has 0 saturated carbocycles. The molecule has 1 heterocycles. The lowest BCUT2D eigenvalue weighted by Gasteiger charge is -2.05. The van der Waals surface area contributed by atoms with E-state index in [-0.39, 0.29) is 23.4 Å². The van der Waals surface area contributed by atoms with Crippen molar-refractivity contribution in [1.29, 1.82) is 0 Å². The van der Waals surface area contributed by atoms with Gasteiger partial charge >= 0.3 is 0 Å². The second kappa shape index (κ2) is 3.25. The normalized spacial score (nSPS) is 10.2. The van der Waals surface area contributed by atoms with E-state index < -0.39 is 0 Å². The van der Waals surface area contributed by atoms with Crippen molar-refractivity contribution >= 4 is 11.8 Å². The second-order valence-electron chi connectivity index (χ2n) is 2.73. The number of carbonyl (C=O) groups is 1. The van der Waals surface area contributed by atoms with Gasteiger partial charge in [0.05, 0.1) is 6.20 Å². The monoisotopic (exact) mass is 169 g/mol. The zero-order valence-electron chi connectivity index (χ0n) is 7.00. The standard InChI is InChI=1S/C7H11N3O2/c1-4(2)10-7(11)5-3-9-12-6(5)8/h3-4H,8H2,1-2H3,(H,10,11). The molecule has 12 heavy (non-hydrogen) atoms. The molecule has 0 fully saturated rings. The molecule has 0 atom stereocenters. The summed E-state index contributed by atoms with van der Waals surface area (Å²) in [5.74, 6) is -0.211. The number of amides is 1. The first-order valence-electron chi connectivity index (χ1n) is 3.62. The summed E-state index contributed by atoms with van der Waals surface area (Å²) in [6.07, 6.45) is 1.30. The number of nitrogens with one attached hydrogen (secondary N) is 1. The molecular formula is C7H11N3O2. The minimum Gasteiger partial charge on any atom is -0.367 e. The van der Waals surface area contributed by atoms with Gasteiger partial charge in [-0.15, -0.1) is 0 Å². The van der Waals surface area contributed by atoms with Crippen molar-refractivity contribution in [2.45, 2.75) is 19.9 Å². The van der Waals surface area contributed by atoms with Crippen LogP contribution in [-0.4, -0.2) is 17.1 Å². The molecule has 1 aromatic rings. The third-order valence-electron chi connectivity index (χ3n) is 1.26. The molecule has 5 heteroatoms. The Hall–Kier alpha value is -1.52. The predicted octanol–water partition coefficient (Wildman–Crippen LogP) is 0.395. The Kier molecular flexibility index (Phi) is 2.32. The summed E-state index contributed by atoms with van der Waals surface area (Å²) in [6, 6.07) is 0.0757. The van der Waals surface area contributed by atoms with Gasteiger partial charge in [-0.2, -0.15) is 0 Å². The van der Waals surface area contributed by atoms with E-state index in [1.165, 1.54) is 6.20 Å². The minimum atomic E-state index is -0.260. The number of rotatable bonds is 2. The summed E-state index contributed by atoms with van der Waals surface area (Å²) < 4.78 is 4.53. The molecule has 0 spiro atoms. The van der Waals surface area contributed by atoms with Crippen LogP contribution in [0.25, 0.3) is 0 Å². The number of nitrogen functional groups attached to an aromatic ring is 1. The third kappa shape index (κ3) is 1.75. The van der Waals surface area contributed by atoms with Crippen molar-refractivity contribution in [1.82, 2.24) is 10.5 Å². The number of nitrogens with two attached hydrogens (primary N) is 1. The topological polar surface area (TPSA) is 81.2 Å². The summed E-state index contributed by atoms with van der Waals surface area (Å²) in [5, 5.41) is 6.06. The predicted molar refractivity (Wildman–Crippen MR) is 43.5 cm³/mol. The third-order valence-corrected chi connectivity index (χ3v) is 1.26. The summed E-state index contributed by atoms with van der Waals surface area (Å²) in [7, 11) is 0. The lowest BCUT2D eigenvalue weighted by Crippen LogP contribution is -2.30. The van der Waals surface area contributed by atoms with Crippen LogP contribution in [0.5, 0.6) is 0 Å². The summed E-state index contributed by atoms with van der Waals surface area (Å²) >= 11 is 0. The lowest BCUT2D eigenvalue weighted by molar-refractivity contribution is 0.0943. The van der Waals surface area contributed by atoms with E-state index in [9.17, 15) is 4.79 Å². The van der Waals surface area contributed by atoms with Gasteiger partial charge in [0, 0.05) is 6.04 Å². The fourth-order valence-electron chi connectivity index (χ4n) is 0.759. The summed E-state index contributed by atoms with van der Waals surface area (Å²) in [4.78, 5) is 11.2. The maximum atomic E-state index is 11.2. The number of nitrogens with zero attached hydrogens (tertiary/aromatic N) is 1. The smallest absolute Gasteiger partial charge is 0.258 e. The number of anilines is 1. The van der Waals surface area contributed by atoms with Gasteiger partial charge in [-0.05, 0) is 13.8 Å². The first kappa shape index (κ1) is 8.58. The average Bonchev–Trinajstić information content (AvgIpc) is 2.33. The SMILES string of the molecule is CC(C)NC(=O)c1cnoc1N. The molecule has 0 saturated heterocycles. The van der Waals surface area contributed by atoms with Crippen LogP contribution in [0, 0.1) is 0 Å². The Morgan fingerprint density at radius 3 is 2.83 bits per heavy atom. The second-order valence-corrected chi connectivity index (χ2v) is 2.73. The number of aromatic nitrogens is 1. The maximum absolute atomic E-state index is 11.2. The zero-order chi connectivity index (χ0) is 9.14. The fraction of sp³-hybridized carbons (Fsp3) is 0.429. The van der Waals surface area contributed by atoms with Gasteiger partial charge in [-0.1, -0.05) is 5.16 Å². The molecule has 66 valence electrons. The van der Waals surface area contributed by atoms with E-state index in [0.717, 1.165) is 0 Å². The van der Waals surface area contributed by atoms with Gasteiger partial charge in [0.1, 0.15) is 5.56 Å². The highest BCUT2D eigenvalue weighted by Crippen LogP contribution is 2.08. The molecule has 0 radical (unpaired) electrons. The Balaban J connectivity index is 2.72. The van der Waals surface area contributed by atoms with Crippen LogP contribution in [-0.2, 0) is 0 Å². The highest BCUT2D eigenvalue weighted by atomic mass is 16.5. The van der Waals surface area contributed by atoms with E-state index >= 15 is 0 Å². The van der Waals surface area contributed by atoms with Crippen molar-refractivity contribution < 1.29 is 9.32 Å². The highest BCUT2D eigenvalue weighted by Gasteiger charge is 2.13. The summed E-state index contributed by atoms with van der Waals surface area (Å²) in [6.45, 7) is 3.73. The first-order chi connectivity index (χ1) is 5.61. The Morgan fingerprint density at radius 2 is 2.42 bits per heavy atom. The van der Waals surface area contributed by atoms with Crippen molar-refractivity contribution in [3.8, 4) is 0 Å². The molecule has 0 aliphatic heterocycles. The van der Waals surface area contributed by atoms with Crippen LogP contribution in [0.2, 0.25) is 0 Å². The van der Waals surface area contributed by atoms with Gasteiger partial charge in [0.15, 0.2) is 0 Å². The molecule has 5 nitrogen and oxygen atoms in total. The van der Waals surface area contributed by atoms with Gasteiger partial charge in [0.25, 0.3) is 5.91 Å². The molecule has 0 bridgehead atoms. The van der Waals surface area contributed by atoms with Crippen LogP contribution in [0.3, 0.4) is 0 Å². The van der Waals surface area contributed by atoms with Crippen molar-refractivity contribution in [3.63, 3.8) is 0 Å². The van der Waals surface area contributed by atoms with E-state index in [0.29, 0.717) is 0 Å². The molecule has 3 N–H and O–H groups in total. The molecule has 0 aliphatic rings. The minimum absolute atomic E-state index is 0.0492. The molecule has 0 aliphatic carbocycles. The van der Waals surface area contributed by atoms with E-state index in [1.54, 1.807) is 0 Å². The number of hydrogen-bond donors (Lipinski definition) is 2. The first-order valence-corrected chi connectivity index (χ1v) is 3.62. The van der Waals surface area contributed by atoms with Gasteiger partial charge in [-0.3, -0.25) is 4.79 Å². The van der Waals surface area contributed by atoms with Gasteiger partial charge < -0.3 is 15.6 Å². The molecule has 0 aromatic carbocycles. The number of hydrogen-bond acceptors (Lipinski definition) is 4. The zero-order valence-corrected chi connectivity index (χ0v) is 7.00. The van der Waals surface area contributed by atoms with Crippen LogP contribution in [0.4, 0.5) is 5.88 Å². The van der Waals surface area contributed by atoms with E-state index in [2.05, 4.69) is 15.0 Å². The van der Waals surface area contributed by atoms with E-state index in [1.807, 2.05) is 13.8 Å². The highest BCUT2D eigenvalue weighted by molar-refractivity contribution is 5.97. The van der Waals surface area contributed by atoms with Gasteiger partial charge in [0.2, 0.25) is 5.88 Å². The Bertz CT molecular complexity index is 280. The van der Waals surface area contributed by atoms with Crippen LogP contribution >= 0.6 is 0 Å². The largest absolute Gasteiger partial charge is 0.367 e. The van der Waals surface area contributed by atoms with Crippen molar-refractivity contribution in [2.75, 3.05) is 5.73 Å². The molecule has 1 amide bonds. The Morgan fingerprint density at radius 1 is 1.75 bits per heavy atom. The van der Waals surface area contributed by atoms with E-state index in [4.69, 9.17) is 5.73 Å². The van der Waals surface area contributed by atoms with Crippen LogP contribution in [0.15, 0.2) is 10.7 Å².